The van der Waals surface area contributed by atoms with Crippen molar-refractivity contribution in [1.29, 1.82) is 0 Å². The first-order valence-corrected chi connectivity index (χ1v) is 8.69. The molecular weight excluding hydrogens is 337 g/mol. The Hall–Kier alpha value is -2.76. The van der Waals surface area contributed by atoms with Crippen LogP contribution < -0.4 is 19.5 Å². The van der Waals surface area contributed by atoms with E-state index in [2.05, 4.69) is 5.32 Å². The maximum Gasteiger partial charge on any atom is 0.254 e. The molecule has 2 aromatic carbocycles. The van der Waals surface area contributed by atoms with Crippen LogP contribution in [0.1, 0.15) is 34.8 Å². The lowest BCUT2D eigenvalue weighted by molar-refractivity contribution is 0.0927. The summed E-state index contributed by atoms with van der Waals surface area (Å²) in [6.07, 6.45) is 2.06. The molecule has 1 atom stereocenters. The lowest BCUT2D eigenvalue weighted by Crippen LogP contribution is -2.30. The quantitative estimate of drug-likeness (QED) is 0.890. The van der Waals surface area contributed by atoms with Crippen molar-refractivity contribution in [2.75, 3.05) is 20.3 Å². The molecule has 5 nitrogen and oxygen atoms in total. The number of carbonyl (C=O) groups is 1. The van der Waals surface area contributed by atoms with Gasteiger partial charge in [0.25, 0.3) is 5.91 Å². The fraction of sp³-hybridized carbons (Fsp3) is 0.350. The molecule has 1 N–H and O–H groups in total. The monoisotopic (exact) mass is 357 g/mol. The molecule has 1 amide bonds. The number of benzene rings is 2. The molecule has 1 saturated carbocycles. The first kappa shape index (κ1) is 16.7. The van der Waals surface area contributed by atoms with Gasteiger partial charge in [-0.25, -0.2) is 4.39 Å². The van der Waals surface area contributed by atoms with Gasteiger partial charge < -0.3 is 19.5 Å². The number of hydrogen-bond donors (Lipinski definition) is 1. The van der Waals surface area contributed by atoms with Gasteiger partial charge in [-0.2, -0.15) is 0 Å². The van der Waals surface area contributed by atoms with Crippen molar-refractivity contribution in [3.8, 4) is 17.2 Å². The second-order valence-electron chi connectivity index (χ2n) is 6.54. The van der Waals surface area contributed by atoms with Crippen LogP contribution in [0.3, 0.4) is 0 Å². The predicted molar refractivity (Wildman–Crippen MR) is 93.3 cm³/mol. The summed E-state index contributed by atoms with van der Waals surface area (Å²) in [7, 11) is 1.46. The van der Waals surface area contributed by atoms with Gasteiger partial charge in [0, 0.05) is 6.07 Å². The molecule has 2 aliphatic rings. The molecule has 0 saturated heterocycles. The SMILES string of the molecule is COc1ccc(C(=O)NC(c2ccc3c(c2)OCCO3)C2CC2)c(F)c1. The lowest BCUT2D eigenvalue weighted by atomic mass is 10.0. The van der Waals surface area contributed by atoms with Crippen LogP contribution in [0.4, 0.5) is 4.39 Å². The minimum atomic E-state index is -0.599. The Balaban J connectivity index is 1.57. The third-order valence-electron chi connectivity index (χ3n) is 4.73. The van der Waals surface area contributed by atoms with E-state index < -0.39 is 11.7 Å². The standard InChI is InChI=1S/C20H20FNO4/c1-24-14-5-6-15(16(21)11-14)20(23)22-19(12-2-3-12)13-4-7-17-18(10-13)26-9-8-25-17/h4-7,10-12,19H,2-3,8-9H2,1H3,(H,22,23). The van der Waals surface area contributed by atoms with Gasteiger partial charge in [0.15, 0.2) is 11.5 Å². The number of carbonyl (C=O) groups excluding carboxylic acids is 1. The summed E-state index contributed by atoms with van der Waals surface area (Å²) in [5.74, 6) is 1.09. The first-order chi connectivity index (χ1) is 12.7. The van der Waals surface area contributed by atoms with Gasteiger partial charge in [-0.1, -0.05) is 6.07 Å². The zero-order valence-corrected chi connectivity index (χ0v) is 14.5. The van der Waals surface area contributed by atoms with Crippen molar-refractivity contribution < 1.29 is 23.4 Å². The summed E-state index contributed by atoms with van der Waals surface area (Å²) in [6, 6.07) is 9.75. The van der Waals surface area contributed by atoms with Gasteiger partial charge in [-0.3, -0.25) is 4.79 Å². The maximum absolute atomic E-state index is 14.2. The molecule has 136 valence electrons. The highest BCUT2D eigenvalue weighted by molar-refractivity contribution is 5.95. The Kier molecular flexibility index (Phi) is 4.41. The Morgan fingerprint density at radius 1 is 1.15 bits per heavy atom. The van der Waals surface area contributed by atoms with Crippen molar-refractivity contribution in [2.24, 2.45) is 5.92 Å². The largest absolute Gasteiger partial charge is 0.497 e. The molecule has 6 heteroatoms. The zero-order valence-electron chi connectivity index (χ0n) is 14.5. The molecule has 0 radical (unpaired) electrons. The molecule has 2 aromatic rings. The van der Waals surface area contributed by atoms with Gasteiger partial charge in [-0.15, -0.1) is 0 Å². The van der Waals surface area contributed by atoms with Gasteiger partial charge >= 0.3 is 0 Å². The van der Waals surface area contributed by atoms with E-state index in [-0.39, 0.29) is 11.6 Å². The van der Waals surface area contributed by atoms with Crippen LogP contribution in [0.5, 0.6) is 17.2 Å². The lowest BCUT2D eigenvalue weighted by Gasteiger charge is -2.23. The van der Waals surface area contributed by atoms with Crippen LogP contribution in [-0.4, -0.2) is 26.2 Å². The smallest absolute Gasteiger partial charge is 0.254 e. The Morgan fingerprint density at radius 3 is 2.62 bits per heavy atom. The number of nitrogens with one attached hydrogen (secondary N) is 1. The van der Waals surface area contributed by atoms with Crippen LogP contribution in [0.25, 0.3) is 0 Å². The van der Waals surface area contributed by atoms with Crippen molar-refractivity contribution >= 4 is 5.91 Å². The summed E-state index contributed by atoms with van der Waals surface area (Å²) in [5, 5.41) is 2.98. The molecule has 26 heavy (non-hydrogen) atoms. The highest BCUT2D eigenvalue weighted by Gasteiger charge is 2.34. The van der Waals surface area contributed by atoms with Crippen LogP contribution in [0, 0.1) is 11.7 Å². The number of amides is 1. The minimum absolute atomic E-state index is 0.00833. The molecule has 0 spiro atoms. The van der Waals surface area contributed by atoms with Gasteiger partial charge in [0.1, 0.15) is 24.8 Å². The zero-order chi connectivity index (χ0) is 18.1. The minimum Gasteiger partial charge on any atom is -0.497 e. The molecule has 1 aliphatic heterocycles. The first-order valence-electron chi connectivity index (χ1n) is 8.69. The summed E-state index contributed by atoms with van der Waals surface area (Å²) < 4.78 is 30.4. The van der Waals surface area contributed by atoms with E-state index in [1.165, 1.54) is 19.2 Å². The fourth-order valence-electron chi connectivity index (χ4n) is 3.18. The molecule has 0 aromatic heterocycles. The van der Waals surface area contributed by atoms with E-state index in [0.29, 0.717) is 36.4 Å². The van der Waals surface area contributed by atoms with Gasteiger partial charge in [-0.05, 0) is 48.6 Å². The van der Waals surface area contributed by atoms with Crippen LogP contribution in [-0.2, 0) is 0 Å². The average Bonchev–Trinajstić information content (AvgIpc) is 3.50. The highest BCUT2D eigenvalue weighted by atomic mass is 19.1. The number of ether oxygens (including phenoxy) is 3. The predicted octanol–water partition coefficient (Wildman–Crippen LogP) is 3.49. The topological polar surface area (TPSA) is 56.8 Å². The second-order valence-corrected chi connectivity index (χ2v) is 6.54. The molecule has 1 unspecified atom stereocenters. The molecular formula is C20H20FNO4. The average molecular weight is 357 g/mol. The Bertz CT molecular complexity index is 835. The second kappa shape index (κ2) is 6.86. The molecule has 0 bridgehead atoms. The van der Waals surface area contributed by atoms with Crippen LogP contribution in [0.2, 0.25) is 0 Å². The van der Waals surface area contributed by atoms with Crippen molar-refractivity contribution in [3.63, 3.8) is 0 Å². The van der Waals surface area contributed by atoms with E-state index >= 15 is 0 Å². The van der Waals surface area contributed by atoms with Crippen molar-refractivity contribution in [1.82, 2.24) is 5.32 Å². The third kappa shape index (κ3) is 3.31. The maximum atomic E-state index is 14.2. The number of methoxy groups -OCH3 is 1. The van der Waals surface area contributed by atoms with Crippen LogP contribution >= 0.6 is 0 Å². The van der Waals surface area contributed by atoms with E-state index in [1.54, 1.807) is 6.07 Å². The van der Waals surface area contributed by atoms with E-state index in [1.807, 2.05) is 18.2 Å². The number of hydrogen-bond acceptors (Lipinski definition) is 4. The van der Waals surface area contributed by atoms with Crippen molar-refractivity contribution in [3.05, 3.63) is 53.3 Å². The van der Waals surface area contributed by atoms with E-state index in [0.717, 1.165) is 18.4 Å². The number of rotatable bonds is 5. The number of halogens is 1. The normalized spacial score (nSPS) is 16.7. The molecule has 1 fully saturated rings. The number of fused-ring (bicyclic) bond motifs is 1. The van der Waals surface area contributed by atoms with E-state index in [4.69, 9.17) is 14.2 Å². The van der Waals surface area contributed by atoms with Gasteiger partial charge in [0.05, 0.1) is 18.7 Å². The van der Waals surface area contributed by atoms with E-state index in [9.17, 15) is 9.18 Å². The molecule has 1 aliphatic carbocycles. The van der Waals surface area contributed by atoms with Crippen molar-refractivity contribution in [2.45, 2.75) is 18.9 Å². The summed E-state index contributed by atoms with van der Waals surface area (Å²) >= 11 is 0. The summed E-state index contributed by atoms with van der Waals surface area (Å²) in [5.41, 5.74) is 0.952. The molecule has 1 heterocycles. The third-order valence-corrected chi connectivity index (χ3v) is 4.73. The Labute approximate surface area is 151 Å². The molecule has 4 rings (SSSR count). The highest BCUT2D eigenvalue weighted by Crippen LogP contribution is 2.43. The fourth-order valence-corrected chi connectivity index (χ4v) is 3.18. The summed E-state index contributed by atoms with van der Waals surface area (Å²) in [6.45, 7) is 1.04. The van der Waals surface area contributed by atoms with Gasteiger partial charge in [0.2, 0.25) is 0 Å². The Morgan fingerprint density at radius 2 is 1.92 bits per heavy atom. The summed E-state index contributed by atoms with van der Waals surface area (Å²) in [4.78, 5) is 12.6. The van der Waals surface area contributed by atoms with Crippen LogP contribution in [0.15, 0.2) is 36.4 Å².